The number of carbonyl (C=O) groups excluding carboxylic acids is 1. The average molecular weight is 574 g/mol. The number of fused-ring (bicyclic) bond motifs is 1. The summed E-state index contributed by atoms with van der Waals surface area (Å²) in [6.45, 7) is 5.66. The van der Waals surface area contributed by atoms with E-state index in [0.717, 1.165) is 5.56 Å². The zero-order valence-electron chi connectivity index (χ0n) is 22.5. The average Bonchev–Trinajstić information content (AvgIpc) is 3.23. The summed E-state index contributed by atoms with van der Waals surface area (Å²) in [6, 6.07) is 21.2. The smallest absolute Gasteiger partial charge is 0.271 e. The van der Waals surface area contributed by atoms with Gasteiger partial charge in [-0.25, -0.2) is 4.99 Å². The summed E-state index contributed by atoms with van der Waals surface area (Å²) in [7, 11) is 1.59. The molecule has 1 aromatic heterocycles. The minimum atomic E-state index is -0.696. The van der Waals surface area contributed by atoms with Crippen LogP contribution < -0.4 is 29.7 Å². The SMILES string of the molecule is COc1ccc([C@@H]2C(C(=O)Nc3ccccc3)=C(C)N=c3s/c(=C\c4cc(Cl)ccc4OC(C)C)c(=O)n32)cc1. The van der Waals surface area contributed by atoms with E-state index in [1.54, 1.807) is 42.9 Å². The van der Waals surface area contributed by atoms with E-state index in [-0.39, 0.29) is 17.6 Å². The number of para-hydroxylation sites is 1. The van der Waals surface area contributed by atoms with E-state index in [1.165, 1.54) is 11.3 Å². The number of ether oxygens (including phenoxy) is 2. The van der Waals surface area contributed by atoms with Gasteiger partial charge in [0.2, 0.25) is 0 Å². The monoisotopic (exact) mass is 573 g/mol. The summed E-state index contributed by atoms with van der Waals surface area (Å²) in [6.07, 6.45) is 1.71. The first kappa shape index (κ1) is 27.4. The molecule has 0 unspecified atom stereocenters. The van der Waals surface area contributed by atoms with Gasteiger partial charge in [-0.1, -0.05) is 53.3 Å². The number of nitrogens with zero attached hydrogens (tertiary/aromatic N) is 2. The van der Waals surface area contributed by atoms with Gasteiger partial charge in [-0.05, 0) is 74.9 Å². The molecule has 4 aromatic rings. The molecule has 40 heavy (non-hydrogen) atoms. The van der Waals surface area contributed by atoms with Crippen molar-refractivity contribution in [2.75, 3.05) is 12.4 Å². The van der Waals surface area contributed by atoms with Gasteiger partial charge in [0.1, 0.15) is 11.5 Å². The maximum Gasteiger partial charge on any atom is 0.271 e. The highest BCUT2D eigenvalue weighted by Crippen LogP contribution is 2.32. The number of nitrogens with one attached hydrogen (secondary N) is 1. The van der Waals surface area contributed by atoms with Gasteiger partial charge in [0, 0.05) is 16.3 Å². The second-order valence-electron chi connectivity index (χ2n) is 9.52. The van der Waals surface area contributed by atoms with Crippen molar-refractivity contribution in [3.63, 3.8) is 0 Å². The third-order valence-electron chi connectivity index (χ3n) is 6.35. The molecule has 1 atom stereocenters. The fourth-order valence-corrected chi connectivity index (χ4v) is 5.79. The Morgan fingerprint density at radius 3 is 2.50 bits per heavy atom. The van der Waals surface area contributed by atoms with E-state index >= 15 is 0 Å². The first-order valence-electron chi connectivity index (χ1n) is 12.7. The van der Waals surface area contributed by atoms with Crippen LogP contribution in [0.1, 0.15) is 37.9 Å². The Kier molecular flexibility index (Phi) is 7.91. The number of aromatic nitrogens is 1. The molecule has 1 aliphatic rings. The van der Waals surface area contributed by atoms with Crippen LogP contribution in [0.25, 0.3) is 6.08 Å². The lowest BCUT2D eigenvalue weighted by molar-refractivity contribution is -0.113. The molecule has 1 amide bonds. The molecule has 0 saturated carbocycles. The standard InChI is InChI=1S/C31H28ClN3O4S/c1-18(2)39-25-15-12-22(32)16-21(25)17-26-30(37)35-28(20-10-13-24(38-4)14-11-20)27(19(3)33-31(35)40-26)29(36)34-23-8-6-5-7-9-23/h5-18,28H,1-4H3,(H,34,36)/b26-17-/t28-/m1/s1. The van der Waals surface area contributed by atoms with Crippen LogP contribution in [0, 0.1) is 0 Å². The summed E-state index contributed by atoms with van der Waals surface area (Å²) >= 11 is 7.55. The molecule has 0 radical (unpaired) electrons. The molecular formula is C31H28ClN3O4S. The molecule has 0 fully saturated rings. The number of methoxy groups -OCH3 is 1. The summed E-state index contributed by atoms with van der Waals surface area (Å²) in [5.74, 6) is 0.965. The second kappa shape index (κ2) is 11.5. The van der Waals surface area contributed by atoms with Gasteiger partial charge in [0.25, 0.3) is 11.5 Å². The number of rotatable bonds is 7. The first-order chi connectivity index (χ1) is 19.2. The number of hydrogen-bond acceptors (Lipinski definition) is 6. The van der Waals surface area contributed by atoms with Crippen molar-refractivity contribution in [2.45, 2.75) is 32.9 Å². The van der Waals surface area contributed by atoms with Crippen LogP contribution in [-0.4, -0.2) is 23.7 Å². The number of thiazole rings is 1. The molecule has 1 N–H and O–H groups in total. The summed E-state index contributed by atoms with van der Waals surface area (Å²) in [5.41, 5.74) is 2.75. The van der Waals surface area contributed by atoms with Crippen molar-refractivity contribution < 1.29 is 14.3 Å². The Morgan fingerprint density at radius 1 is 1.10 bits per heavy atom. The number of allylic oxidation sites excluding steroid dienone is 1. The van der Waals surface area contributed by atoms with Gasteiger partial charge in [-0.3, -0.25) is 14.2 Å². The van der Waals surface area contributed by atoms with Crippen molar-refractivity contribution in [3.8, 4) is 11.5 Å². The van der Waals surface area contributed by atoms with E-state index in [4.69, 9.17) is 26.1 Å². The van der Waals surface area contributed by atoms with Crippen LogP contribution in [-0.2, 0) is 4.79 Å². The number of hydrogen-bond donors (Lipinski definition) is 1. The second-order valence-corrected chi connectivity index (χ2v) is 11.0. The van der Waals surface area contributed by atoms with Crippen LogP contribution in [0.4, 0.5) is 5.69 Å². The molecule has 1 aliphatic heterocycles. The number of benzene rings is 3. The van der Waals surface area contributed by atoms with Gasteiger partial charge in [0.15, 0.2) is 4.80 Å². The summed E-state index contributed by atoms with van der Waals surface area (Å²) < 4.78 is 13.3. The Hall–Kier alpha value is -4.14. The van der Waals surface area contributed by atoms with Crippen LogP contribution in [0.5, 0.6) is 11.5 Å². The molecule has 0 bridgehead atoms. The highest BCUT2D eigenvalue weighted by molar-refractivity contribution is 7.07. The fraction of sp³-hybridized carbons (Fsp3) is 0.194. The van der Waals surface area contributed by atoms with E-state index < -0.39 is 6.04 Å². The third kappa shape index (κ3) is 5.59. The number of anilines is 1. The largest absolute Gasteiger partial charge is 0.497 e. The van der Waals surface area contributed by atoms with Crippen molar-refractivity contribution in [3.05, 3.63) is 120 Å². The molecule has 9 heteroatoms. The van der Waals surface area contributed by atoms with Gasteiger partial charge in [-0.15, -0.1) is 0 Å². The van der Waals surface area contributed by atoms with E-state index in [1.807, 2.05) is 68.4 Å². The van der Waals surface area contributed by atoms with E-state index in [0.29, 0.717) is 48.4 Å². The van der Waals surface area contributed by atoms with Gasteiger partial charge in [0.05, 0.1) is 35.1 Å². The molecule has 3 aromatic carbocycles. The normalized spacial score (nSPS) is 15.1. The number of halogens is 1. The van der Waals surface area contributed by atoms with Crippen molar-refractivity contribution in [1.29, 1.82) is 0 Å². The minimum absolute atomic E-state index is 0.0575. The Labute approximate surface area is 240 Å². The summed E-state index contributed by atoms with van der Waals surface area (Å²) in [4.78, 5) is 32.9. The lowest BCUT2D eigenvalue weighted by atomic mass is 9.95. The zero-order chi connectivity index (χ0) is 28.4. The number of amides is 1. The lowest BCUT2D eigenvalue weighted by Gasteiger charge is -2.25. The van der Waals surface area contributed by atoms with E-state index in [2.05, 4.69) is 5.32 Å². The van der Waals surface area contributed by atoms with Crippen molar-refractivity contribution >= 4 is 40.6 Å². The quantitative estimate of drug-likeness (QED) is 0.324. The van der Waals surface area contributed by atoms with Crippen LogP contribution in [0.15, 0.2) is 93.9 Å². The molecule has 7 nitrogen and oxygen atoms in total. The molecule has 0 spiro atoms. The Balaban J connectivity index is 1.68. The van der Waals surface area contributed by atoms with Crippen LogP contribution >= 0.6 is 22.9 Å². The lowest BCUT2D eigenvalue weighted by Crippen LogP contribution is -2.40. The molecule has 5 rings (SSSR count). The summed E-state index contributed by atoms with van der Waals surface area (Å²) in [5, 5.41) is 3.49. The molecule has 0 saturated heterocycles. The first-order valence-corrected chi connectivity index (χ1v) is 13.9. The van der Waals surface area contributed by atoms with Gasteiger partial charge < -0.3 is 14.8 Å². The number of carbonyl (C=O) groups is 1. The Bertz CT molecular complexity index is 1770. The highest BCUT2D eigenvalue weighted by Gasteiger charge is 2.32. The molecular weight excluding hydrogens is 546 g/mol. The highest BCUT2D eigenvalue weighted by atomic mass is 35.5. The van der Waals surface area contributed by atoms with Crippen molar-refractivity contribution in [1.82, 2.24) is 4.57 Å². The fourth-order valence-electron chi connectivity index (χ4n) is 4.57. The van der Waals surface area contributed by atoms with Gasteiger partial charge in [-0.2, -0.15) is 0 Å². The maximum atomic E-state index is 14.0. The molecule has 204 valence electrons. The predicted octanol–water partition coefficient (Wildman–Crippen LogP) is 5.32. The Morgan fingerprint density at radius 2 is 1.82 bits per heavy atom. The van der Waals surface area contributed by atoms with E-state index in [9.17, 15) is 9.59 Å². The predicted molar refractivity (Wildman–Crippen MR) is 159 cm³/mol. The molecule has 0 aliphatic carbocycles. The van der Waals surface area contributed by atoms with Crippen LogP contribution in [0.2, 0.25) is 5.02 Å². The van der Waals surface area contributed by atoms with Crippen molar-refractivity contribution in [2.24, 2.45) is 4.99 Å². The zero-order valence-corrected chi connectivity index (χ0v) is 24.0. The van der Waals surface area contributed by atoms with Gasteiger partial charge >= 0.3 is 0 Å². The van der Waals surface area contributed by atoms with Crippen LogP contribution in [0.3, 0.4) is 0 Å². The third-order valence-corrected chi connectivity index (χ3v) is 7.57. The minimum Gasteiger partial charge on any atom is -0.497 e. The topological polar surface area (TPSA) is 81.9 Å². The molecule has 2 heterocycles. The maximum absolute atomic E-state index is 14.0.